The number of halogens is 1. The van der Waals surface area contributed by atoms with Gasteiger partial charge in [-0.1, -0.05) is 30.3 Å². The van der Waals surface area contributed by atoms with Crippen molar-refractivity contribution in [1.82, 2.24) is 4.90 Å². The lowest BCUT2D eigenvalue weighted by Crippen LogP contribution is -2.43. The molecule has 1 unspecified atom stereocenters. The molecule has 1 amide bonds. The summed E-state index contributed by atoms with van der Waals surface area (Å²) in [6, 6.07) is 13.0. The number of rotatable bonds is 5. The van der Waals surface area contributed by atoms with E-state index in [9.17, 15) is 14.3 Å². The molecule has 4 rings (SSSR count). The first-order valence-corrected chi connectivity index (χ1v) is 8.69. The number of hydrogen-bond donors (Lipinski definition) is 1. The molecule has 0 aromatic heterocycles. The molecule has 6 heteroatoms. The zero-order valence-corrected chi connectivity index (χ0v) is 14.2. The van der Waals surface area contributed by atoms with Gasteiger partial charge in [0, 0.05) is 30.5 Å². The monoisotopic (exact) mass is 357 g/mol. The second-order valence-corrected chi connectivity index (χ2v) is 6.59. The number of nitrogens with zero attached hydrogens (tertiary/aromatic N) is 1. The van der Waals surface area contributed by atoms with Gasteiger partial charge in [-0.25, -0.2) is 4.39 Å². The van der Waals surface area contributed by atoms with Gasteiger partial charge in [-0.2, -0.15) is 0 Å². The molecule has 2 heterocycles. The normalized spacial score (nSPS) is 22.8. The number of amides is 1. The van der Waals surface area contributed by atoms with E-state index < -0.39 is 5.72 Å². The molecule has 2 aromatic rings. The van der Waals surface area contributed by atoms with Crippen molar-refractivity contribution in [3.8, 4) is 0 Å². The maximum Gasteiger partial charge on any atom is 0.257 e. The van der Waals surface area contributed by atoms with E-state index >= 15 is 0 Å². The van der Waals surface area contributed by atoms with Crippen LogP contribution in [-0.2, 0) is 21.7 Å². The van der Waals surface area contributed by atoms with Gasteiger partial charge in [0.25, 0.3) is 5.91 Å². The molecule has 0 saturated carbocycles. The van der Waals surface area contributed by atoms with Crippen molar-refractivity contribution >= 4 is 5.91 Å². The molecule has 26 heavy (non-hydrogen) atoms. The predicted molar refractivity (Wildman–Crippen MR) is 91.5 cm³/mol. The third kappa shape index (κ3) is 3.00. The van der Waals surface area contributed by atoms with Crippen LogP contribution in [0.3, 0.4) is 0 Å². The first-order chi connectivity index (χ1) is 12.6. The summed E-state index contributed by atoms with van der Waals surface area (Å²) in [5.41, 5.74) is 0.381. The Morgan fingerprint density at radius 1 is 1.12 bits per heavy atom. The summed E-state index contributed by atoms with van der Waals surface area (Å²) in [6.07, 6.45) is 0.397. The molecule has 0 aliphatic carbocycles. The Morgan fingerprint density at radius 2 is 1.81 bits per heavy atom. The fourth-order valence-electron chi connectivity index (χ4n) is 3.62. The minimum absolute atomic E-state index is 0.191. The third-order valence-electron chi connectivity index (χ3n) is 4.95. The summed E-state index contributed by atoms with van der Waals surface area (Å²) < 4.78 is 24.1. The first kappa shape index (κ1) is 17.1. The van der Waals surface area contributed by atoms with Crippen molar-refractivity contribution in [2.75, 3.05) is 13.2 Å². The summed E-state index contributed by atoms with van der Waals surface area (Å²) >= 11 is 0. The molecular formula is C20H20FNO4. The van der Waals surface area contributed by atoms with Crippen LogP contribution in [0.5, 0.6) is 0 Å². The van der Waals surface area contributed by atoms with Gasteiger partial charge in [-0.15, -0.1) is 0 Å². The average molecular weight is 357 g/mol. The second kappa shape index (κ2) is 6.79. The highest BCUT2D eigenvalue weighted by molar-refractivity contribution is 5.99. The van der Waals surface area contributed by atoms with Crippen molar-refractivity contribution in [1.29, 1.82) is 0 Å². The SMILES string of the molecule is O=C1c2ccccc2C(O)(CCC2OCCO2)N1Cc1ccc(F)cc1. The van der Waals surface area contributed by atoms with E-state index in [1.807, 2.05) is 0 Å². The Morgan fingerprint density at radius 3 is 2.54 bits per heavy atom. The van der Waals surface area contributed by atoms with E-state index in [1.165, 1.54) is 17.0 Å². The molecular weight excluding hydrogens is 337 g/mol. The highest BCUT2D eigenvalue weighted by atomic mass is 19.1. The molecule has 2 aliphatic heterocycles. The molecule has 136 valence electrons. The van der Waals surface area contributed by atoms with Crippen LogP contribution in [-0.4, -0.2) is 35.4 Å². The molecule has 0 spiro atoms. The Kier molecular flexibility index (Phi) is 4.48. The highest BCUT2D eigenvalue weighted by Gasteiger charge is 2.48. The van der Waals surface area contributed by atoms with Crippen molar-refractivity contribution in [3.63, 3.8) is 0 Å². The lowest BCUT2D eigenvalue weighted by atomic mass is 9.96. The van der Waals surface area contributed by atoms with Crippen LogP contribution in [0.15, 0.2) is 48.5 Å². The summed E-state index contributed by atoms with van der Waals surface area (Å²) in [6.45, 7) is 1.27. The molecule has 1 saturated heterocycles. The maximum absolute atomic E-state index is 13.2. The van der Waals surface area contributed by atoms with Gasteiger partial charge in [-0.05, 0) is 23.8 Å². The highest BCUT2D eigenvalue weighted by Crippen LogP contribution is 2.42. The smallest absolute Gasteiger partial charge is 0.257 e. The molecule has 1 N–H and O–H groups in total. The predicted octanol–water partition coefficient (Wildman–Crippen LogP) is 2.78. The largest absolute Gasteiger partial charge is 0.367 e. The topological polar surface area (TPSA) is 59.0 Å². The Balaban J connectivity index is 1.63. The van der Waals surface area contributed by atoms with Crippen LogP contribution in [0.4, 0.5) is 4.39 Å². The van der Waals surface area contributed by atoms with Gasteiger partial charge in [0.05, 0.1) is 13.2 Å². The van der Waals surface area contributed by atoms with E-state index in [0.717, 1.165) is 5.56 Å². The number of carbonyl (C=O) groups is 1. The quantitative estimate of drug-likeness (QED) is 0.894. The van der Waals surface area contributed by atoms with Gasteiger partial charge < -0.3 is 19.5 Å². The zero-order valence-electron chi connectivity index (χ0n) is 14.2. The van der Waals surface area contributed by atoms with Crippen molar-refractivity contribution in [2.24, 2.45) is 0 Å². The minimum atomic E-state index is -1.45. The summed E-state index contributed by atoms with van der Waals surface area (Å²) in [5.74, 6) is -0.573. The van der Waals surface area contributed by atoms with Crippen molar-refractivity contribution < 1.29 is 23.8 Å². The van der Waals surface area contributed by atoms with Crippen LogP contribution in [0.2, 0.25) is 0 Å². The van der Waals surface area contributed by atoms with E-state index in [4.69, 9.17) is 9.47 Å². The molecule has 2 aromatic carbocycles. The standard InChI is InChI=1S/C20H20FNO4/c21-15-7-5-14(6-8-15)13-22-19(23)16-3-1-2-4-17(16)20(22,24)10-9-18-25-11-12-26-18/h1-8,18,24H,9-13H2. The lowest BCUT2D eigenvalue weighted by Gasteiger charge is -2.35. The van der Waals surface area contributed by atoms with Crippen LogP contribution >= 0.6 is 0 Å². The third-order valence-corrected chi connectivity index (χ3v) is 4.95. The average Bonchev–Trinajstić information content (AvgIpc) is 3.25. The molecule has 0 radical (unpaired) electrons. The number of ether oxygens (including phenoxy) is 2. The van der Waals surface area contributed by atoms with Crippen LogP contribution in [0, 0.1) is 5.82 Å². The fraction of sp³-hybridized carbons (Fsp3) is 0.350. The number of fused-ring (bicyclic) bond motifs is 1. The van der Waals surface area contributed by atoms with Gasteiger partial charge in [-0.3, -0.25) is 4.79 Å². The molecule has 1 atom stereocenters. The van der Waals surface area contributed by atoms with E-state index in [0.29, 0.717) is 37.2 Å². The van der Waals surface area contributed by atoms with E-state index in [-0.39, 0.29) is 24.6 Å². The number of aliphatic hydroxyl groups is 1. The van der Waals surface area contributed by atoms with E-state index in [2.05, 4.69) is 0 Å². The van der Waals surface area contributed by atoms with Crippen molar-refractivity contribution in [3.05, 3.63) is 71.0 Å². The van der Waals surface area contributed by atoms with Gasteiger partial charge in [0.1, 0.15) is 5.82 Å². The molecule has 0 bridgehead atoms. The van der Waals surface area contributed by atoms with Crippen LogP contribution in [0.25, 0.3) is 0 Å². The van der Waals surface area contributed by atoms with Crippen LogP contribution in [0.1, 0.15) is 34.3 Å². The van der Waals surface area contributed by atoms with Gasteiger partial charge in [0.15, 0.2) is 12.0 Å². The Labute approximate surface area is 151 Å². The summed E-state index contributed by atoms with van der Waals surface area (Å²) in [7, 11) is 0. The summed E-state index contributed by atoms with van der Waals surface area (Å²) in [5, 5.41) is 11.5. The van der Waals surface area contributed by atoms with Crippen LogP contribution < -0.4 is 0 Å². The zero-order chi connectivity index (χ0) is 18.1. The second-order valence-electron chi connectivity index (χ2n) is 6.59. The number of benzene rings is 2. The Bertz CT molecular complexity index is 804. The molecule has 1 fully saturated rings. The molecule has 5 nitrogen and oxygen atoms in total. The van der Waals surface area contributed by atoms with E-state index in [1.54, 1.807) is 36.4 Å². The molecule has 2 aliphatic rings. The first-order valence-electron chi connectivity index (χ1n) is 8.69. The Hall–Kier alpha value is -2.28. The van der Waals surface area contributed by atoms with Gasteiger partial charge >= 0.3 is 0 Å². The minimum Gasteiger partial charge on any atom is -0.367 e. The van der Waals surface area contributed by atoms with Gasteiger partial charge in [0.2, 0.25) is 0 Å². The number of carbonyl (C=O) groups excluding carboxylic acids is 1. The number of hydrogen-bond acceptors (Lipinski definition) is 4. The lowest BCUT2D eigenvalue weighted by molar-refractivity contribution is -0.119. The van der Waals surface area contributed by atoms with Crippen molar-refractivity contribution in [2.45, 2.75) is 31.4 Å². The fourth-order valence-corrected chi connectivity index (χ4v) is 3.62. The summed E-state index contributed by atoms with van der Waals surface area (Å²) in [4.78, 5) is 14.4. The maximum atomic E-state index is 13.2.